The highest BCUT2D eigenvalue weighted by atomic mass is 19.4. The van der Waals surface area contributed by atoms with Crippen molar-refractivity contribution in [3.63, 3.8) is 0 Å². The fraction of sp³-hybridized carbons (Fsp3) is 0.318. The Morgan fingerprint density at radius 2 is 1.82 bits per heavy atom. The molecule has 1 atom stereocenters. The summed E-state index contributed by atoms with van der Waals surface area (Å²) in [5.74, 6) is -0.272. The fourth-order valence-electron chi connectivity index (χ4n) is 3.24. The molecule has 1 amide bonds. The summed E-state index contributed by atoms with van der Waals surface area (Å²) in [7, 11) is 2.98. The first-order valence-corrected chi connectivity index (χ1v) is 10.1. The number of carbonyl (C=O) groups excluding carboxylic acids is 1. The Morgan fingerprint density at radius 3 is 2.44 bits per heavy atom. The molecule has 0 saturated carbocycles. The van der Waals surface area contributed by atoms with Crippen LogP contribution in [-0.2, 0) is 10.9 Å². The Morgan fingerprint density at radius 1 is 1.09 bits per heavy atom. The van der Waals surface area contributed by atoms with Gasteiger partial charge in [0.2, 0.25) is 5.82 Å². The number of nitrogens with zero attached hydrogens (tertiary/aromatic N) is 2. The molecule has 0 saturated heterocycles. The van der Waals surface area contributed by atoms with Gasteiger partial charge in [0.25, 0.3) is 5.91 Å². The van der Waals surface area contributed by atoms with E-state index in [-0.39, 0.29) is 29.5 Å². The number of ether oxygens (including phenoxy) is 3. The maximum absolute atomic E-state index is 13.2. The largest absolute Gasteiger partial charge is 0.493 e. The van der Waals surface area contributed by atoms with Crippen LogP contribution in [0.3, 0.4) is 0 Å². The van der Waals surface area contributed by atoms with Crippen molar-refractivity contribution in [1.82, 2.24) is 9.97 Å². The zero-order valence-electron chi connectivity index (χ0n) is 18.7. The van der Waals surface area contributed by atoms with E-state index >= 15 is 0 Å². The topological polar surface area (TPSA) is 135 Å². The van der Waals surface area contributed by atoms with Crippen molar-refractivity contribution in [2.45, 2.75) is 19.1 Å². The van der Waals surface area contributed by atoms with Gasteiger partial charge in [-0.15, -0.1) is 0 Å². The fourth-order valence-corrected chi connectivity index (χ4v) is 3.24. The number of nitrogen functional groups attached to an aromatic ring is 1. The molecule has 5 N–H and O–H groups in total. The number of carbonyl (C=O) groups is 1. The minimum Gasteiger partial charge on any atom is -0.493 e. The Balaban J connectivity index is 2.08. The minimum absolute atomic E-state index is 0.0394. The lowest BCUT2D eigenvalue weighted by molar-refractivity contribution is -0.137. The van der Waals surface area contributed by atoms with Crippen molar-refractivity contribution in [1.29, 1.82) is 0 Å². The third kappa shape index (κ3) is 5.57. The van der Waals surface area contributed by atoms with Crippen LogP contribution in [0.1, 0.15) is 34.7 Å². The lowest BCUT2D eigenvalue weighted by Gasteiger charge is -2.20. The number of rotatable bonds is 9. The van der Waals surface area contributed by atoms with Crippen molar-refractivity contribution >= 4 is 28.3 Å². The molecule has 1 aromatic heterocycles. The van der Waals surface area contributed by atoms with Crippen LogP contribution < -0.4 is 26.3 Å². The number of primary amides is 1. The molecule has 1 unspecified atom stereocenters. The summed E-state index contributed by atoms with van der Waals surface area (Å²) in [4.78, 5) is 20.2. The zero-order valence-corrected chi connectivity index (χ0v) is 18.7. The highest BCUT2D eigenvalue weighted by Crippen LogP contribution is 2.36. The summed E-state index contributed by atoms with van der Waals surface area (Å²) < 4.78 is 55.8. The summed E-state index contributed by atoms with van der Waals surface area (Å²) in [6.45, 7) is 2.20. The molecular weight excluding hydrogens is 455 g/mol. The van der Waals surface area contributed by atoms with Crippen molar-refractivity contribution in [3.05, 3.63) is 47.3 Å². The number of methoxy groups -OCH3 is 2. The minimum atomic E-state index is -4.56. The highest BCUT2D eigenvalue weighted by molar-refractivity contribution is 5.97. The molecule has 3 rings (SSSR count). The Kier molecular flexibility index (Phi) is 7.30. The molecule has 0 aliphatic heterocycles. The van der Waals surface area contributed by atoms with E-state index in [9.17, 15) is 18.0 Å². The molecule has 0 spiro atoms. The van der Waals surface area contributed by atoms with Gasteiger partial charge in [0.15, 0.2) is 11.5 Å². The quantitative estimate of drug-likeness (QED) is 0.313. The van der Waals surface area contributed by atoms with Gasteiger partial charge in [-0.05, 0) is 36.8 Å². The second kappa shape index (κ2) is 10.00. The van der Waals surface area contributed by atoms with Crippen LogP contribution in [0.25, 0.3) is 10.9 Å². The summed E-state index contributed by atoms with van der Waals surface area (Å²) in [5, 5.41) is 3.47. The Bertz CT molecular complexity index is 1200. The summed E-state index contributed by atoms with van der Waals surface area (Å²) >= 11 is 0. The number of anilines is 2. The van der Waals surface area contributed by atoms with E-state index in [4.69, 9.17) is 25.7 Å². The van der Waals surface area contributed by atoms with Crippen LogP contribution >= 0.6 is 0 Å². The molecule has 2 aromatic carbocycles. The molecule has 0 bridgehead atoms. The maximum atomic E-state index is 13.2. The van der Waals surface area contributed by atoms with Crippen LogP contribution in [0.5, 0.6) is 11.5 Å². The van der Waals surface area contributed by atoms with Gasteiger partial charge in [-0.25, -0.2) is 9.97 Å². The molecule has 0 radical (unpaired) electrons. The van der Waals surface area contributed by atoms with Crippen molar-refractivity contribution in [2.75, 3.05) is 38.5 Å². The molecule has 1 heterocycles. The second-order valence-electron chi connectivity index (χ2n) is 7.37. The third-order valence-electron chi connectivity index (χ3n) is 4.90. The van der Waals surface area contributed by atoms with Gasteiger partial charge >= 0.3 is 6.18 Å². The molecule has 182 valence electrons. The number of nitrogens with one attached hydrogen (secondary N) is 1. The number of benzene rings is 2. The van der Waals surface area contributed by atoms with E-state index in [1.54, 1.807) is 19.1 Å². The van der Waals surface area contributed by atoms with Crippen LogP contribution in [0.15, 0.2) is 30.3 Å². The zero-order chi connectivity index (χ0) is 25.0. The van der Waals surface area contributed by atoms with Gasteiger partial charge in [-0.2, -0.15) is 13.2 Å². The van der Waals surface area contributed by atoms with Gasteiger partial charge in [0.1, 0.15) is 12.4 Å². The highest BCUT2D eigenvalue weighted by Gasteiger charge is 2.31. The van der Waals surface area contributed by atoms with Gasteiger partial charge < -0.3 is 31.0 Å². The van der Waals surface area contributed by atoms with E-state index in [1.807, 2.05) is 0 Å². The van der Waals surface area contributed by atoms with Crippen LogP contribution in [0.2, 0.25) is 0 Å². The van der Waals surface area contributed by atoms with Crippen molar-refractivity contribution in [2.24, 2.45) is 5.73 Å². The van der Waals surface area contributed by atoms with E-state index in [0.717, 1.165) is 12.1 Å². The van der Waals surface area contributed by atoms with Gasteiger partial charge in [-0.3, -0.25) is 4.79 Å². The van der Waals surface area contributed by atoms with E-state index in [0.29, 0.717) is 29.0 Å². The standard InChI is InChI=1S/C22H24F3N5O4/c1-11(12-6-13(22(23,24)25)8-14(26)7-12)28-20-15-9-18(34-5-4-32-2)17(33-3)10-16(15)29-21(30-20)19(27)31/h6-11H,4-5,26H2,1-3H3,(H2,27,31)(H,28,29,30). The summed E-state index contributed by atoms with van der Waals surface area (Å²) in [6, 6.07) is 5.75. The first-order chi connectivity index (χ1) is 16.0. The first-order valence-electron chi connectivity index (χ1n) is 10.1. The van der Waals surface area contributed by atoms with Crippen LogP contribution in [0.4, 0.5) is 24.7 Å². The number of aromatic nitrogens is 2. The number of amides is 1. The predicted octanol–water partition coefficient (Wildman–Crippen LogP) is 3.54. The number of hydrogen-bond acceptors (Lipinski definition) is 8. The van der Waals surface area contributed by atoms with Crippen LogP contribution in [0, 0.1) is 0 Å². The lowest BCUT2D eigenvalue weighted by atomic mass is 10.0. The van der Waals surface area contributed by atoms with E-state index < -0.39 is 23.7 Å². The van der Waals surface area contributed by atoms with E-state index in [1.165, 1.54) is 20.3 Å². The molecule has 0 aliphatic carbocycles. The average Bonchev–Trinajstić information content (AvgIpc) is 2.77. The molecule has 9 nitrogen and oxygen atoms in total. The molecular formula is C22H24F3N5O4. The maximum Gasteiger partial charge on any atom is 0.416 e. The SMILES string of the molecule is COCCOc1cc2c(NC(C)c3cc(N)cc(C(F)(F)F)c3)nc(C(N)=O)nc2cc1OC. The average molecular weight is 479 g/mol. The summed E-state index contributed by atoms with van der Waals surface area (Å²) in [5.41, 5.74) is 10.7. The number of alkyl halides is 3. The molecule has 12 heteroatoms. The molecule has 0 fully saturated rings. The number of nitrogens with two attached hydrogens (primary N) is 2. The molecule has 34 heavy (non-hydrogen) atoms. The number of fused-ring (bicyclic) bond motifs is 1. The third-order valence-corrected chi connectivity index (χ3v) is 4.90. The Hall–Kier alpha value is -3.80. The smallest absolute Gasteiger partial charge is 0.416 e. The van der Waals surface area contributed by atoms with Crippen molar-refractivity contribution in [3.8, 4) is 11.5 Å². The molecule has 3 aromatic rings. The first kappa shape index (κ1) is 24.8. The van der Waals surface area contributed by atoms with E-state index in [2.05, 4.69) is 15.3 Å². The normalized spacial score (nSPS) is 12.4. The number of hydrogen-bond donors (Lipinski definition) is 3. The predicted molar refractivity (Wildman–Crippen MR) is 120 cm³/mol. The second-order valence-corrected chi connectivity index (χ2v) is 7.37. The van der Waals surface area contributed by atoms with Gasteiger partial charge in [-0.1, -0.05) is 0 Å². The van der Waals surface area contributed by atoms with Crippen molar-refractivity contribution < 1.29 is 32.2 Å². The van der Waals surface area contributed by atoms with Gasteiger partial charge in [0, 0.05) is 24.2 Å². The summed E-state index contributed by atoms with van der Waals surface area (Å²) in [6.07, 6.45) is -4.56. The number of halogens is 3. The monoisotopic (exact) mass is 479 g/mol. The van der Waals surface area contributed by atoms with Crippen LogP contribution in [-0.4, -0.2) is 43.3 Å². The molecule has 0 aliphatic rings. The lowest BCUT2D eigenvalue weighted by Crippen LogP contribution is -2.18. The Labute approximate surface area is 193 Å². The van der Waals surface area contributed by atoms with Gasteiger partial charge in [0.05, 0.1) is 30.8 Å².